The zero-order valence-electron chi connectivity index (χ0n) is 27.5. The van der Waals surface area contributed by atoms with Gasteiger partial charge in [0.25, 0.3) is 5.91 Å². The number of nitrogens with one attached hydrogen (secondary N) is 1. The number of fused-ring (bicyclic) bond motifs is 2. The zero-order chi connectivity index (χ0) is 36.0. The number of nitrogens with zero attached hydrogens (tertiary/aromatic N) is 4. The summed E-state index contributed by atoms with van der Waals surface area (Å²) in [5, 5.41) is 2.87. The molecule has 3 saturated heterocycles. The SMILES string of the molecule is CC(=O)N1CC[C@H]2CC[C@@H](C(=O)N(C)c3ccc(N4CCOCC4)cc3)N2C(=O)C(NC(=O)c2cc3cc(C(F)(F)P(=O)(O)O)ccc3s2)C1. The average molecular weight is 734 g/mol. The summed E-state index contributed by atoms with van der Waals surface area (Å²) in [6, 6.07) is 9.62. The molecule has 3 aliphatic heterocycles. The van der Waals surface area contributed by atoms with E-state index in [1.165, 1.54) is 28.9 Å². The van der Waals surface area contributed by atoms with Gasteiger partial charge in [-0.15, -0.1) is 11.3 Å². The lowest BCUT2D eigenvalue weighted by molar-refractivity contribution is -0.144. The number of likely N-dealkylation sites (N-methyl/N-ethyl adjacent to an activating group) is 1. The first-order valence-electron chi connectivity index (χ1n) is 16.2. The number of hydrogen-bond donors (Lipinski definition) is 3. The molecule has 3 aliphatic rings. The molecule has 0 saturated carbocycles. The van der Waals surface area contributed by atoms with Crippen molar-refractivity contribution in [1.82, 2.24) is 15.1 Å². The predicted molar refractivity (Wildman–Crippen MR) is 182 cm³/mol. The predicted octanol–water partition coefficient (Wildman–Crippen LogP) is 3.34. The second-order valence-corrected chi connectivity index (χ2v) is 15.5. The van der Waals surface area contributed by atoms with E-state index in [0.717, 1.165) is 42.2 Å². The fourth-order valence-electron chi connectivity index (χ4n) is 6.81. The number of thiophene rings is 1. The molecule has 0 aliphatic carbocycles. The second kappa shape index (κ2) is 14.0. The number of carbonyl (C=O) groups is 4. The minimum atomic E-state index is -5.80. The number of carbonyl (C=O) groups excluding carboxylic acids is 4. The summed E-state index contributed by atoms with van der Waals surface area (Å²) >= 11 is 0.948. The maximum atomic E-state index is 14.4. The van der Waals surface area contributed by atoms with Crippen LogP contribution in [0.1, 0.15) is 41.4 Å². The summed E-state index contributed by atoms with van der Waals surface area (Å²) in [5.74, 6) is -1.77. The normalized spacial score (nSPS) is 21.8. The third kappa shape index (κ3) is 6.99. The van der Waals surface area contributed by atoms with E-state index in [1.807, 2.05) is 24.3 Å². The lowest BCUT2D eigenvalue weighted by atomic mass is 10.1. The maximum absolute atomic E-state index is 14.4. The van der Waals surface area contributed by atoms with Crippen molar-refractivity contribution in [3.05, 3.63) is 59.0 Å². The van der Waals surface area contributed by atoms with Crippen LogP contribution in [0.4, 0.5) is 20.2 Å². The Morgan fingerprint density at radius 3 is 2.38 bits per heavy atom. The number of rotatable bonds is 7. The van der Waals surface area contributed by atoms with Crippen molar-refractivity contribution in [1.29, 1.82) is 0 Å². The van der Waals surface area contributed by atoms with Gasteiger partial charge in [-0.05, 0) is 67.1 Å². The first-order chi connectivity index (χ1) is 23.7. The monoisotopic (exact) mass is 733 g/mol. The lowest BCUT2D eigenvalue weighted by Gasteiger charge is -2.39. The summed E-state index contributed by atoms with van der Waals surface area (Å²) in [4.78, 5) is 79.4. The molecule has 4 heterocycles. The molecule has 17 heteroatoms. The summed E-state index contributed by atoms with van der Waals surface area (Å²) in [6.07, 6.45) is 1.41. The van der Waals surface area contributed by atoms with E-state index < -0.39 is 42.7 Å². The molecule has 268 valence electrons. The number of anilines is 2. The van der Waals surface area contributed by atoms with Crippen LogP contribution in [0.3, 0.4) is 0 Å². The number of amides is 4. The number of alkyl halides is 2. The van der Waals surface area contributed by atoms with E-state index in [1.54, 1.807) is 11.9 Å². The zero-order valence-corrected chi connectivity index (χ0v) is 29.2. The molecule has 3 N–H and O–H groups in total. The largest absolute Gasteiger partial charge is 0.399 e. The highest BCUT2D eigenvalue weighted by Crippen LogP contribution is 2.59. The van der Waals surface area contributed by atoms with Crippen LogP contribution in [-0.4, -0.2) is 108 Å². The molecule has 0 bridgehead atoms. The van der Waals surface area contributed by atoms with Gasteiger partial charge in [-0.2, -0.15) is 8.78 Å². The highest BCUT2D eigenvalue weighted by molar-refractivity contribution is 7.52. The Bertz CT molecular complexity index is 1850. The fraction of sp³-hybridized carbons (Fsp3) is 0.455. The topological polar surface area (TPSA) is 160 Å². The van der Waals surface area contributed by atoms with Crippen LogP contribution in [0.25, 0.3) is 10.1 Å². The first kappa shape index (κ1) is 35.9. The van der Waals surface area contributed by atoms with Gasteiger partial charge in [-0.25, -0.2) is 0 Å². The van der Waals surface area contributed by atoms with E-state index in [9.17, 15) is 32.5 Å². The number of hydrogen-bond acceptors (Lipinski definition) is 8. The Balaban J connectivity index is 1.22. The van der Waals surface area contributed by atoms with Crippen molar-refractivity contribution >= 4 is 64.0 Å². The quantitative estimate of drug-likeness (QED) is 0.310. The summed E-state index contributed by atoms with van der Waals surface area (Å²) < 4.78 is 46.0. The van der Waals surface area contributed by atoms with Gasteiger partial charge >= 0.3 is 13.3 Å². The van der Waals surface area contributed by atoms with E-state index >= 15 is 0 Å². The van der Waals surface area contributed by atoms with E-state index in [4.69, 9.17) is 14.5 Å². The van der Waals surface area contributed by atoms with E-state index in [-0.39, 0.29) is 34.7 Å². The smallest absolute Gasteiger partial charge is 0.378 e. The molecule has 1 unspecified atom stereocenters. The van der Waals surface area contributed by atoms with Crippen molar-refractivity contribution in [3.63, 3.8) is 0 Å². The Hall–Kier alpha value is -3.95. The van der Waals surface area contributed by atoms with E-state index in [2.05, 4.69) is 10.2 Å². The third-order valence-electron chi connectivity index (χ3n) is 9.62. The molecular formula is C33H38F2N5O8PS. The standard InChI is InChI=1S/C33H38F2N5O8PS/c1-20(41)39-12-11-25-8-9-27(32(44)37(2)23-4-6-24(7-5-23)38-13-15-48-16-14-38)40(25)31(43)26(19-39)36-30(42)29-18-21-17-22(3-10-28(21)50-29)33(34,35)49(45,46)47/h3-7,10,17-18,25-27H,8-9,11-16,19H2,1-2H3,(H,36,42)(H2,45,46,47)/t25-,26?,27+/m1/s1. The van der Waals surface area contributed by atoms with Crippen LogP contribution >= 0.6 is 18.9 Å². The van der Waals surface area contributed by atoms with Crippen molar-refractivity contribution in [3.8, 4) is 0 Å². The highest BCUT2D eigenvalue weighted by Gasteiger charge is 2.50. The Kier molecular flexibility index (Phi) is 10.0. The van der Waals surface area contributed by atoms with Crippen molar-refractivity contribution < 1.29 is 47.0 Å². The van der Waals surface area contributed by atoms with Crippen LogP contribution < -0.4 is 15.1 Å². The molecule has 4 amide bonds. The van der Waals surface area contributed by atoms with Crippen LogP contribution in [0, 0.1) is 0 Å². The number of halogens is 2. The molecule has 2 aromatic carbocycles. The Morgan fingerprint density at radius 2 is 1.72 bits per heavy atom. The van der Waals surface area contributed by atoms with Gasteiger partial charge in [-0.3, -0.25) is 23.7 Å². The Labute approximate surface area is 290 Å². The number of benzene rings is 2. The van der Waals surface area contributed by atoms with Crippen molar-refractivity contribution in [2.24, 2.45) is 0 Å². The van der Waals surface area contributed by atoms with Gasteiger partial charge in [0, 0.05) is 67.8 Å². The number of ether oxygens (including phenoxy) is 1. The van der Waals surface area contributed by atoms with E-state index in [0.29, 0.717) is 49.4 Å². The van der Waals surface area contributed by atoms with Gasteiger partial charge < -0.3 is 39.4 Å². The van der Waals surface area contributed by atoms with Gasteiger partial charge in [0.15, 0.2) is 0 Å². The molecule has 1 aromatic heterocycles. The summed E-state index contributed by atoms with van der Waals surface area (Å²) in [7, 11) is -4.14. The molecule has 0 radical (unpaired) electrons. The highest BCUT2D eigenvalue weighted by atomic mass is 32.1. The van der Waals surface area contributed by atoms with Crippen LogP contribution in [0.15, 0.2) is 48.5 Å². The van der Waals surface area contributed by atoms with Crippen LogP contribution in [0.5, 0.6) is 0 Å². The minimum absolute atomic E-state index is 0.0618. The first-order valence-corrected chi connectivity index (χ1v) is 18.6. The molecule has 6 rings (SSSR count). The summed E-state index contributed by atoms with van der Waals surface area (Å²) in [5.41, 5.74) is -3.64. The lowest BCUT2D eigenvalue weighted by Crippen LogP contribution is -2.61. The molecule has 3 atom stereocenters. The van der Waals surface area contributed by atoms with Gasteiger partial charge in [0.05, 0.1) is 18.1 Å². The van der Waals surface area contributed by atoms with Gasteiger partial charge in [-0.1, -0.05) is 6.07 Å². The van der Waals surface area contributed by atoms with Gasteiger partial charge in [0.1, 0.15) is 12.1 Å². The molecule has 3 fully saturated rings. The Morgan fingerprint density at radius 1 is 1.02 bits per heavy atom. The summed E-state index contributed by atoms with van der Waals surface area (Å²) in [6.45, 7) is 4.40. The number of morpholine rings is 1. The van der Waals surface area contributed by atoms with Gasteiger partial charge in [0.2, 0.25) is 17.7 Å². The average Bonchev–Trinajstić information content (AvgIpc) is 3.72. The molecule has 0 spiro atoms. The molecule has 3 aromatic rings. The fourth-order valence-corrected chi connectivity index (χ4v) is 8.23. The van der Waals surface area contributed by atoms with Crippen LogP contribution in [0.2, 0.25) is 0 Å². The van der Waals surface area contributed by atoms with Crippen molar-refractivity contribution in [2.45, 2.75) is 50.0 Å². The molecule has 50 heavy (non-hydrogen) atoms. The van der Waals surface area contributed by atoms with Crippen LogP contribution in [-0.2, 0) is 29.3 Å². The molecular weight excluding hydrogens is 695 g/mol. The molecule has 13 nitrogen and oxygen atoms in total. The van der Waals surface area contributed by atoms with Crippen molar-refractivity contribution in [2.75, 3.05) is 56.2 Å². The maximum Gasteiger partial charge on any atom is 0.399 e. The second-order valence-electron chi connectivity index (χ2n) is 12.7. The third-order valence-corrected chi connectivity index (χ3v) is 11.7. The minimum Gasteiger partial charge on any atom is -0.378 e.